The summed E-state index contributed by atoms with van der Waals surface area (Å²) in [6, 6.07) is 37.2. The van der Waals surface area contributed by atoms with Gasteiger partial charge in [0.05, 0.1) is 17.9 Å². The van der Waals surface area contributed by atoms with Crippen LogP contribution < -0.4 is 4.90 Å². The molecule has 2 unspecified atom stereocenters. The predicted octanol–water partition coefficient (Wildman–Crippen LogP) is 10.4. The van der Waals surface area contributed by atoms with Crippen molar-refractivity contribution in [1.29, 1.82) is 0 Å². The van der Waals surface area contributed by atoms with Gasteiger partial charge in [-0.15, -0.1) is 0 Å². The van der Waals surface area contributed by atoms with Gasteiger partial charge >= 0.3 is 0 Å². The van der Waals surface area contributed by atoms with E-state index in [2.05, 4.69) is 140 Å². The summed E-state index contributed by atoms with van der Waals surface area (Å²) in [7, 11) is 0. The number of hydrogen-bond donors (Lipinski definition) is 0. The monoisotopic (exact) mass is 595 g/mol. The lowest BCUT2D eigenvalue weighted by atomic mass is 9.88. The molecular weight excluding hydrogens is 574 g/mol. The molecular formula is C32H23Br2NO. The Morgan fingerprint density at radius 1 is 0.611 bits per heavy atom. The lowest BCUT2D eigenvalue weighted by molar-refractivity contribution is 0.0717. The number of fused-ring (bicyclic) bond motifs is 6. The van der Waals surface area contributed by atoms with Crippen LogP contribution in [0.25, 0.3) is 21.9 Å². The topological polar surface area (TPSA) is 12.5 Å². The van der Waals surface area contributed by atoms with Gasteiger partial charge in [0.2, 0.25) is 0 Å². The molecule has 5 aromatic carbocycles. The van der Waals surface area contributed by atoms with Crippen molar-refractivity contribution in [1.82, 2.24) is 0 Å². The quantitative estimate of drug-likeness (QED) is 0.204. The van der Waals surface area contributed by atoms with Crippen LogP contribution in [0.15, 0.2) is 112 Å². The van der Waals surface area contributed by atoms with Gasteiger partial charge in [0.15, 0.2) is 0 Å². The average Bonchev–Trinajstić information content (AvgIpc) is 3.54. The lowest BCUT2D eigenvalue weighted by Gasteiger charge is -2.27. The smallest absolute Gasteiger partial charge is 0.0838 e. The number of nitrogens with zero attached hydrogens (tertiary/aromatic N) is 1. The van der Waals surface area contributed by atoms with Gasteiger partial charge in [-0.25, -0.2) is 0 Å². The Balaban J connectivity index is 1.41. The molecule has 2 aliphatic rings. The normalized spacial score (nSPS) is 17.9. The van der Waals surface area contributed by atoms with Crippen LogP contribution in [0.4, 0.5) is 17.1 Å². The van der Waals surface area contributed by atoms with Crippen molar-refractivity contribution in [2.45, 2.75) is 25.0 Å². The van der Waals surface area contributed by atoms with E-state index in [4.69, 9.17) is 4.74 Å². The molecule has 2 heterocycles. The van der Waals surface area contributed by atoms with Crippen molar-refractivity contribution in [2.24, 2.45) is 0 Å². The van der Waals surface area contributed by atoms with Crippen LogP contribution in [0, 0.1) is 0 Å². The van der Waals surface area contributed by atoms with E-state index >= 15 is 0 Å². The maximum atomic E-state index is 6.17. The first-order chi connectivity index (χ1) is 17.7. The molecule has 36 heavy (non-hydrogen) atoms. The minimum Gasteiger partial charge on any atom is -0.366 e. The van der Waals surface area contributed by atoms with Gasteiger partial charge in [0.1, 0.15) is 0 Å². The molecule has 0 N–H and O–H groups in total. The Bertz CT molecular complexity index is 1550. The predicted molar refractivity (Wildman–Crippen MR) is 155 cm³/mol. The van der Waals surface area contributed by atoms with Gasteiger partial charge < -0.3 is 9.64 Å². The van der Waals surface area contributed by atoms with E-state index in [1.54, 1.807) is 0 Å². The molecule has 2 bridgehead atoms. The maximum Gasteiger partial charge on any atom is 0.0838 e. The molecule has 1 saturated heterocycles. The van der Waals surface area contributed by atoms with Crippen LogP contribution in [0.5, 0.6) is 0 Å². The standard InChI is InChI=1S/C32H23Br2NO/c33-21-6-10-23(11-7-21)35(24-12-8-22(34)9-13-24)30-16-15-25(26-3-1-2-4-27(26)30)20-5-14-28-29(19-20)32-18-17-31(28)36-32/h1-16,19,31-32H,17-18H2. The van der Waals surface area contributed by atoms with Crippen molar-refractivity contribution in [3.63, 3.8) is 0 Å². The van der Waals surface area contributed by atoms with Crippen LogP contribution >= 0.6 is 31.9 Å². The lowest BCUT2D eigenvalue weighted by Crippen LogP contribution is -2.10. The molecule has 0 radical (unpaired) electrons. The second kappa shape index (κ2) is 8.88. The van der Waals surface area contributed by atoms with Gasteiger partial charge in [0, 0.05) is 25.7 Å². The highest BCUT2D eigenvalue weighted by molar-refractivity contribution is 9.10. The molecule has 7 rings (SSSR count). The third-order valence-electron chi connectivity index (χ3n) is 7.42. The first kappa shape index (κ1) is 22.3. The molecule has 5 aromatic rings. The fourth-order valence-electron chi connectivity index (χ4n) is 5.75. The largest absolute Gasteiger partial charge is 0.366 e. The van der Waals surface area contributed by atoms with Gasteiger partial charge in [-0.05, 0) is 101 Å². The van der Waals surface area contributed by atoms with Crippen molar-refractivity contribution in [3.8, 4) is 11.1 Å². The summed E-state index contributed by atoms with van der Waals surface area (Å²) in [6.45, 7) is 0. The summed E-state index contributed by atoms with van der Waals surface area (Å²) in [5, 5.41) is 2.47. The van der Waals surface area contributed by atoms with Crippen LogP contribution in [-0.4, -0.2) is 0 Å². The average molecular weight is 597 g/mol. The summed E-state index contributed by atoms with van der Waals surface area (Å²) in [5.41, 5.74) is 8.66. The third-order valence-corrected chi connectivity index (χ3v) is 8.48. The SMILES string of the molecule is Brc1ccc(N(c2ccc(Br)cc2)c2ccc(-c3ccc4c(c3)C3CCC4O3)c3ccccc23)cc1. The van der Waals surface area contributed by atoms with E-state index in [-0.39, 0.29) is 6.10 Å². The second-order valence-electron chi connectivity index (χ2n) is 9.50. The first-order valence-corrected chi connectivity index (χ1v) is 13.9. The second-order valence-corrected chi connectivity index (χ2v) is 11.3. The summed E-state index contributed by atoms with van der Waals surface area (Å²) >= 11 is 7.18. The molecule has 0 aromatic heterocycles. The summed E-state index contributed by atoms with van der Waals surface area (Å²) in [5.74, 6) is 0. The van der Waals surface area contributed by atoms with Crippen molar-refractivity contribution in [2.75, 3.05) is 4.90 Å². The van der Waals surface area contributed by atoms with Crippen LogP contribution in [0.1, 0.15) is 36.2 Å². The summed E-state index contributed by atoms with van der Waals surface area (Å²) < 4.78 is 8.31. The molecule has 0 saturated carbocycles. The zero-order chi connectivity index (χ0) is 24.2. The van der Waals surface area contributed by atoms with E-state index in [1.807, 2.05) is 0 Å². The van der Waals surface area contributed by atoms with E-state index < -0.39 is 0 Å². The highest BCUT2D eigenvalue weighted by atomic mass is 79.9. The fraction of sp³-hybridized carbons (Fsp3) is 0.125. The minimum atomic E-state index is 0.265. The molecule has 0 spiro atoms. The van der Waals surface area contributed by atoms with Crippen LogP contribution in [0.3, 0.4) is 0 Å². The van der Waals surface area contributed by atoms with Crippen molar-refractivity contribution >= 4 is 59.7 Å². The Kier molecular flexibility index (Phi) is 5.50. The Labute approximate surface area is 227 Å². The molecule has 0 aliphatic carbocycles. The van der Waals surface area contributed by atoms with E-state index in [0.29, 0.717) is 6.10 Å². The first-order valence-electron chi connectivity index (χ1n) is 12.3. The zero-order valence-corrected chi connectivity index (χ0v) is 22.7. The third kappa shape index (κ3) is 3.71. The van der Waals surface area contributed by atoms with Crippen molar-refractivity contribution in [3.05, 3.63) is 123 Å². The number of hydrogen-bond acceptors (Lipinski definition) is 2. The van der Waals surface area contributed by atoms with Crippen LogP contribution in [0.2, 0.25) is 0 Å². The zero-order valence-electron chi connectivity index (χ0n) is 19.5. The number of ether oxygens (including phenoxy) is 1. The Morgan fingerprint density at radius 3 is 1.89 bits per heavy atom. The molecule has 4 heteroatoms. The summed E-state index contributed by atoms with van der Waals surface area (Å²) in [6.07, 6.45) is 2.84. The van der Waals surface area contributed by atoms with Gasteiger partial charge in [-0.3, -0.25) is 0 Å². The highest BCUT2D eigenvalue weighted by Gasteiger charge is 2.37. The number of rotatable bonds is 4. The number of benzene rings is 5. The Hall–Kier alpha value is -2.92. The molecule has 2 atom stereocenters. The molecule has 1 fully saturated rings. The molecule has 2 aliphatic heterocycles. The highest BCUT2D eigenvalue weighted by Crippen LogP contribution is 2.51. The number of halogens is 2. The fourth-order valence-corrected chi connectivity index (χ4v) is 6.28. The summed E-state index contributed by atoms with van der Waals surface area (Å²) in [4.78, 5) is 2.33. The van der Waals surface area contributed by atoms with Gasteiger partial charge in [0.25, 0.3) is 0 Å². The van der Waals surface area contributed by atoms with Crippen molar-refractivity contribution < 1.29 is 4.74 Å². The van der Waals surface area contributed by atoms with E-state index in [0.717, 1.165) is 38.8 Å². The minimum absolute atomic E-state index is 0.265. The van der Waals surface area contributed by atoms with Gasteiger partial charge in [-0.1, -0.05) is 74.3 Å². The molecule has 2 nitrogen and oxygen atoms in total. The van der Waals surface area contributed by atoms with E-state index in [9.17, 15) is 0 Å². The molecule has 176 valence electrons. The van der Waals surface area contributed by atoms with Gasteiger partial charge in [-0.2, -0.15) is 0 Å². The van der Waals surface area contributed by atoms with E-state index in [1.165, 1.54) is 33.0 Å². The maximum absolute atomic E-state index is 6.17. The number of anilines is 3. The Morgan fingerprint density at radius 2 is 1.22 bits per heavy atom. The van der Waals surface area contributed by atoms with Crippen LogP contribution in [-0.2, 0) is 4.74 Å². The molecule has 0 amide bonds.